The van der Waals surface area contributed by atoms with Crippen LogP contribution in [0.5, 0.6) is 6.01 Å². The number of carbonyl (C=O) groups excluding carboxylic acids is 1. The predicted molar refractivity (Wildman–Crippen MR) is 66.3 cm³/mol. The summed E-state index contributed by atoms with van der Waals surface area (Å²) in [7, 11) is 0. The van der Waals surface area contributed by atoms with Crippen molar-refractivity contribution in [3.8, 4) is 6.01 Å². The zero-order valence-electron chi connectivity index (χ0n) is 10.5. The highest BCUT2D eigenvalue weighted by atomic mass is 16.5. The van der Waals surface area contributed by atoms with Crippen LogP contribution in [0.25, 0.3) is 0 Å². The molecule has 0 aliphatic carbocycles. The maximum absolute atomic E-state index is 11.7. The van der Waals surface area contributed by atoms with Crippen LogP contribution in [0.3, 0.4) is 0 Å². The first-order valence-corrected chi connectivity index (χ1v) is 6.26. The number of amides is 2. The first-order chi connectivity index (χ1) is 8.79. The normalized spacial score (nSPS) is 19.4. The molecule has 98 valence electrons. The van der Waals surface area contributed by atoms with Crippen LogP contribution in [0.15, 0.2) is 18.5 Å². The minimum absolute atomic E-state index is 0.0243. The van der Waals surface area contributed by atoms with Crippen molar-refractivity contribution in [3.63, 3.8) is 0 Å². The van der Waals surface area contributed by atoms with E-state index in [-0.39, 0.29) is 12.1 Å². The Hall–Kier alpha value is -1.85. The van der Waals surface area contributed by atoms with Crippen LogP contribution in [0.1, 0.15) is 19.8 Å². The lowest BCUT2D eigenvalue weighted by Crippen LogP contribution is -2.48. The molecular formula is C12H18N4O2. The molecule has 1 aliphatic heterocycles. The lowest BCUT2D eigenvalue weighted by molar-refractivity contribution is 0.0941. The fraction of sp³-hybridized carbons (Fsp3) is 0.583. The molecule has 1 N–H and O–H groups in total. The number of nitrogens with one attached hydrogen (secondary N) is 1. The van der Waals surface area contributed by atoms with Gasteiger partial charge in [-0.1, -0.05) is 0 Å². The summed E-state index contributed by atoms with van der Waals surface area (Å²) >= 11 is 0. The van der Waals surface area contributed by atoms with Crippen molar-refractivity contribution >= 4 is 6.03 Å². The molecule has 0 saturated carbocycles. The van der Waals surface area contributed by atoms with Gasteiger partial charge in [-0.05, 0) is 25.8 Å². The molecule has 1 aromatic heterocycles. The molecule has 1 aromatic rings. The topological polar surface area (TPSA) is 67.4 Å². The molecule has 1 atom stereocenters. The molecule has 1 saturated heterocycles. The summed E-state index contributed by atoms with van der Waals surface area (Å²) in [6, 6.07) is 2.09. The second kappa shape index (κ2) is 6.18. The van der Waals surface area contributed by atoms with Crippen LogP contribution in [-0.4, -0.2) is 46.6 Å². The van der Waals surface area contributed by atoms with Gasteiger partial charge in [-0.15, -0.1) is 0 Å². The molecule has 2 rings (SSSR count). The van der Waals surface area contributed by atoms with Crippen molar-refractivity contribution in [2.24, 2.45) is 0 Å². The summed E-state index contributed by atoms with van der Waals surface area (Å²) in [6.07, 6.45) is 5.13. The van der Waals surface area contributed by atoms with Crippen LogP contribution in [0, 0.1) is 0 Å². The first-order valence-electron chi connectivity index (χ1n) is 6.26. The van der Waals surface area contributed by atoms with E-state index in [0.717, 1.165) is 19.4 Å². The fourth-order valence-electron chi connectivity index (χ4n) is 1.98. The summed E-state index contributed by atoms with van der Waals surface area (Å²) in [5, 5.41) is 2.80. The first kappa shape index (κ1) is 12.6. The van der Waals surface area contributed by atoms with E-state index < -0.39 is 0 Å². The lowest BCUT2D eigenvalue weighted by atomic mass is 10.1. The van der Waals surface area contributed by atoms with E-state index in [9.17, 15) is 4.79 Å². The van der Waals surface area contributed by atoms with Crippen LogP contribution in [0.2, 0.25) is 0 Å². The van der Waals surface area contributed by atoms with Crippen molar-refractivity contribution in [1.82, 2.24) is 20.2 Å². The second-order valence-corrected chi connectivity index (χ2v) is 4.19. The highest BCUT2D eigenvalue weighted by molar-refractivity contribution is 5.74. The van der Waals surface area contributed by atoms with Crippen molar-refractivity contribution < 1.29 is 9.53 Å². The molecular weight excluding hydrogens is 232 g/mol. The number of carbonyl (C=O) groups is 1. The van der Waals surface area contributed by atoms with E-state index in [1.807, 2.05) is 6.92 Å². The van der Waals surface area contributed by atoms with Crippen molar-refractivity contribution in [2.75, 3.05) is 19.6 Å². The maximum Gasteiger partial charge on any atom is 0.317 e. The molecule has 6 heteroatoms. The van der Waals surface area contributed by atoms with Crippen molar-refractivity contribution in [1.29, 1.82) is 0 Å². The van der Waals surface area contributed by atoms with Gasteiger partial charge in [-0.2, -0.15) is 0 Å². The molecule has 0 aromatic carbocycles. The molecule has 6 nitrogen and oxygen atoms in total. The SMILES string of the molecule is CCNC(=O)N1CCCC(Oc2ncccn2)C1. The Morgan fingerprint density at radius 1 is 1.56 bits per heavy atom. The summed E-state index contributed by atoms with van der Waals surface area (Å²) in [5.41, 5.74) is 0. The maximum atomic E-state index is 11.7. The number of aromatic nitrogens is 2. The van der Waals surface area contributed by atoms with E-state index in [2.05, 4.69) is 15.3 Å². The Balaban J connectivity index is 1.89. The number of likely N-dealkylation sites (tertiary alicyclic amines) is 1. The summed E-state index contributed by atoms with van der Waals surface area (Å²) in [5.74, 6) is 0. The predicted octanol–water partition coefficient (Wildman–Crippen LogP) is 1.05. The molecule has 0 radical (unpaired) electrons. The molecule has 0 bridgehead atoms. The zero-order valence-corrected chi connectivity index (χ0v) is 10.5. The van der Waals surface area contributed by atoms with Gasteiger partial charge in [-0.25, -0.2) is 14.8 Å². The molecule has 0 spiro atoms. The van der Waals surface area contributed by atoms with Crippen LogP contribution < -0.4 is 10.1 Å². The average Bonchev–Trinajstić information content (AvgIpc) is 2.40. The Bertz CT molecular complexity index is 385. The molecule has 1 unspecified atom stereocenters. The van der Waals surface area contributed by atoms with Gasteiger partial charge in [-0.3, -0.25) is 0 Å². The Kier molecular flexibility index (Phi) is 4.33. The van der Waals surface area contributed by atoms with Crippen LogP contribution >= 0.6 is 0 Å². The fourth-order valence-corrected chi connectivity index (χ4v) is 1.98. The molecule has 2 heterocycles. The van der Waals surface area contributed by atoms with E-state index >= 15 is 0 Å². The number of ether oxygens (including phenoxy) is 1. The van der Waals surface area contributed by atoms with Gasteiger partial charge in [0.1, 0.15) is 6.10 Å². The number of hydrogen-bond donors (Lipinski definition) is 1. The minimum Gasteiger partial charge on any atom is -0.458 e. The number of urea groups is 1. The van der Waals surface area contributed by atoms with Gasteiger partial charge < -0.3 is 15.0 Å². The van der Waals surface area contributed by atoms with Gasteiger partial charge in [0.05, 0.1) is 6.54 Å². The summed E-state index contributed by atoms with van der Waals surface area (Å²) in [4.78, 5) is 21.6. The molecule has 1 fully saturated rings. The number of piperidine rings is 1. The second-order valence-electron chi connectivity index (χ2n) is 4.19. The smallest absolute Gasteiger partial charge is 0.317 e. The van der Waals surface area contributed by atoms with Crippen LogP contribution in [-0.2, 0) is 0 Å². The van der Waals surface area contributed by atoms with E-state index in [1.54, 1.807) is 23.4 Å². The third-order valence-electron chi connectivity index (χ3n) is 2.81. The zero-order chi connectivity index (χ0) is 12.8. The van der Waals surface area contributed by atoms with Gasteiger partial charge in [0.15, 0.2) is 0 Å². The molecule has 2 amide bonds. The monoisotopic (exact) mass is 250 g/mol. The van der Waals surface area contributed by atoms with Crippen molar-refractivity contribution in [3.05, 3.63) is 18.5 Å². The van der Waals surface area contributed by atoms with E-state index in [0.29, 0.717) is 19.1 Å². The van der Waals surface area contributed by atoms with Crippen molar-refractivity contribution in [2.45, 2.75) is 25.9 Å². The van der Waals surface area contributed by atoms with Gasteiger partial charge in [0, 0.05) is 25.5 Å². The number of nitrogens with zero attached hydrogens (tertiary/aromatic N) is 3. The summed E-state index contributed by atoms with van der Waals surface area (Å²) < 4.78 is 5.67. The van der Waals surface area contributed by atoms with Gasteiger partial charge >= 0.3 is 12.0 Å². The highest BCUT2D eigenvalue weighted by Gasteiger charge is 2.24. The largest absolute Gasteiger partial charge is 0.458 e. The summed E-state index contributed by atoms with van der Waals surface area (Å²) in [6.45, 7) is 3.92. The van der Waals surface area contributed by atoms with Gasteiger partial charge in [0.25, 0.3) is 0 Å². The number of rotatable bonds is 3. The molecule has 1 aliphatic rings. The van der Waals surface area contributed by atoms with Crippen LogP contribution in [0.4, 0.5) is 4.79 Å². The van der Waals surface area contributed by atoms with E-state index in [1.165, 1.54) is 0 Å². The third kappa shape index (κ3) is 3.32. The van der Waals surface area contributed by atoms with E-state index in [4.69, 9.17) is 4.74 Å². The lowest BCUT2D eigenvalue weighted by Gasteiger charge is -2.32. The third-order valence-corrected chi connectivity index (χ3v) is 2.81. The number of hydrogen-bond acceptors (Lipinski definition) is 4. The Morgan fingerprint density at radius 3 is 3.06 bits per heavy atom. The minimum atomic E-state index is -0.0280. The molecule has 18 heavy (non-hydrogen) atoms. The standard InChI is InChI=1S/C12H18N4O2/c1-2-13-12(17)16-8-3-5-10(9-16)18-11-14-6-4-7-15-11/h4,6-7,10H,2-3,5,8-9H2,1H3,(H,13,17). The average molecular weight is 250 g/mol. The quantitative estimate of drug-likeness (QED) is 0.870. The Morgan fingerprint density at radius 2 is 2.33 bits per heavy atom. The van der Waals surface area contributed by atoms with Gasteiger partial charge in [0.2, 0.25) is 0 Å². The highest BCUT2D eigenvalue weighted by Crippen LogP contribution is 2.14. The Labute approximate surface area is 106 Å².